The van der Waals surface area contributed by atoms with E-state index in [1.807, 2.05) is 13.8 Å². The van der Waals surface area contributed by atoms with Crippen LogP contribution in [0.25, 0.3) is 0 Å². The third kappa shape index (κ3) is 3.94. The Morgan fingerprint density at radius 1 is 0.950 bits per heavy atom. The van der Waals surface area contributed by atoms with Gasteiger partial charge in [0.2, 0.25) is 0 Å². The SMILES string of the molecule is CCCCCCCC[C@H]1N[C@H](CO)[C@H]2OC(C)(C)O[C@H]21. The molecule has 2 N–H and O–H groups in total. The number of aliphatic hydroxyl groups excluding tert-OH is 1. The van der Waals surface area contributed by atoms with Gasteiger partial charge in [0, 0.05) is 6.04 Å². The van der Waals surface area contributed by atoms with Crippen LogP contribution >= 0.6 is 0 Å². The highest BCUT2D eigenvalue weighted by atomic mass is 16.8. The van der Waals surface area contributed by atoms with Gasteiger partial charge in [-0.05, 0) is 20.3 Å². The Balaban J connectivity index is 1.74. The molecular formula is C16H31NO3. The monoisotopic (exact) mass is 285 g/mol. The third-order valence-electron chi connectivity index (χ3n) is 4.45. The molecule has 20 heavy (non-hydrogen) atoms. The van der Waals surface area contributed by atoms with E-state index < -0.39 is 5.79 Å². The molecule has 4 atom stereocenters. The molecule has 0 saturated carbocycles. The van der Waals surface area contributed by atoms with E-state index in [0.29, 0.717) is 6.04 Å². The van der Waals surface area contributed by atoms with Gasteiger partial charge in [-0.3, -0.25) is 0 Å². The van der Waals surface area contributed by atoms with Gasteiger partial charge in [-0.25, -0.2) is 0 Å². The molecule has 0 aromatic heterocycles. The van der Waals surface area contributed by atoms with E-state index in [4.69, 9.17) is 9.47 Å². The predicted molar refractivity (Wildman–Crippen MR) is 79.6 cm³/mol. The first kappa shape index (κ1) is 16.2. The van der Waals surface area contributed by atoms with Crippen molar-refractivity contribution in [2.45, 2.75) is 95.8 Å². The number of rotatable bonds is 8. The van der Waals surface area contributed by atoms with Crippen molar-refractivity contribution >= 4 is 0 Å². The highest BCUT2D eigenvalue weighted by Gasteiger charge is 2.53. The first-order valence-corrected chi connectivity index (χ1v) is 8.30. The van der Waals surface area contributed by atoms with Gasteiger partial charge < -0.3 is 19.9 Å². The molecule has 2 aliphatic heterocycles. The van der Waals surface area contributed by atoms with Crippen LogP contribution in [0.4, 0.5) is 0 Å². The van der Waals surface area contributed by atoms with Crippen molar-refractivity contribution in [2.75, 3.05) is 6.61 Å². The maximum atomic E-state index is 9.47. The average Bonchev–Trinajstić information content (AvgIpc) is 2.87. The summed E-state index contributed by atoms with van der Waals surface area (Å²) in [5, 5.41) is 13.0. The lowest BCUT2D eigenvalue weighted by Crippen LogP contribution is -2.40. The van der Waals surface area contributed by atoms with Crippen molar-refractivity contribution in [2.24, 2.45) is 0 Å². The molecule has 2 rings (SSSR count). The molecule has 0 amide bonds. The van der Waals surface area contributed by atoms with Crippen molar-refractivity contribution in [3.05, 3.63) is 0 Å². The smallest absolute Gasteiger partial charge is 0.163 e. The summed E-state index contributed by atoms with van der Waals surface area (Å²) < 4.78 is 11.9. The minimum atomic E-state index is -0.510. The summed E-state index contributed by atoms with van der Waals surface area (Å²) in [6.07, 6.45) is 9.07. The summed E-state index contributed by atoms with van der Waals surface area (Å²) in [5.41, 5.74) is 0. The van der Waals surface area contributed by atoms with Crippen LogP contribution in [-0.4, -0.2) is 41.8 Å². The van der Waals surface area contributed by atoms with Gasteiger partial charge in [-0.1, -0.05) is 45.4 Å². The molecule has 0 bridgehead atoms. The van der Waals surface area contributed by atoms with Gasteiger partial charge in [0.15, 0.2) is 5.79 Å². The Kier molecular flexibility index (Phi) is 5.84. The third-order valence-corrected chi connectivity index (χ3v) is 4.45. The van der Waals surface area contributed by atoms with Crippen LogP contribution in [0.5, 0.6) is 0 Å². The molecule has 0 aromatic rings. The molecule has 2 heterocycles. The second-order valence-corrected chi connectivity index (χ2v) is 6.68. The zero-order valence-corrected chi connectivity index (χ0v) is 13.2. The van der Waals surface area contributed by atoms with Crippen LogP contribution in [0, 0.1) is 0 Å². The van der Waals surface area contributed by atoms with Crippen LogP contribution in [0.2, 0.25) is 0 Å². The normalized spacial score (nSPS) is 35.4. The number of hydrogen-bond acceptors (Lipinski definition) is 4. The topological polar surface area (TPSA) is 50.7 Å². The number of aliphatic hydroxyl groups is 1. The lowest BCUT2D eigenvalue weighted by molar-refractivity contribution is -0.157. The zero-order valence-electron chi connectivity index (χ0n) is 13.2. The molecule has 4 nitrogen and oxygen atoms in total. The largest absolute Gasteiger partial charge is 0.395 e. The number of nitrogens with one attached hydrogen (secondary N) is 1. The number of ether oxygens (including phenoxy) is 2. The second kappa shape index (κ2) is 7.21. The van der Waals surface area contributed by atoms with Gasteiger partial charge in [0.05, 0.1) is 12.6 Å². The molecular weight excluding hydrogens is 254 g/mol. The van der Waals surface area contributed by atoms with Crippen LogP contribution in [0.15, 0.2) is 0 Å². The van der Waals surface area contributed by atoms with Gasteiger partial charge in [-0.2, -0.15) is 0 Å². The van der Waals surface area contributed by atoms with Gasteiger partial charge in [0.1, 0.15) is 12.2 Å². The fourth-order valence-electron chi connectivity index (χ4n) is 3.45. The molecule has 0 radical (unpaired) electrons. The predicted octanol–water partition coefficient (Wildman–Crippen LogP) is 2.59. The molecule has 2 fully saturated rings. The molecule has 2 aliphatic rings. The van der Waals surface area contributed by atoms with E-state index in [1.54, 1.807) is 0 Å². The molecule has 4 heteroatoms. The first-order valence-electron chi connectivity index (χ1n) is 8.30. The Bertz CT molecular complexity index is 295. The molecule has 0 unspecified atom stereocenters. The molecule has 2 saturated heterocycles. The van der Waals surface area contributed by atoms with Crippen LogP contribution in [0.1, 0.15) is 65.7 Å². The molecule has 0 aromatic carbocycles. The summed E-state index contributed by atoms with van der Waals surface area (Å²) in [7, 11) is 0. The zero-order chi connectivity index (χ0) is 14.6. The lowest BCUT2D eigenvalue weighted by atomic mass is 10.0. The Morgan fingerprint density at radius 2 is 1.55 bits per heavy atom. The number of fused-ring (bicyclic) bond motifs is 1. The number of hydrogen-bond donors (Lipinski definition) is 2. The summed E-state index contributed by atoms with van der Waals surface area (Å²) in [4.78, 5) is 0. The lowest BCUT2D eigenvalue weighted by Gasteiger charge is -2.24. The summed E-state index contributed by atoms with van der Waals surface area (Å²) in [6, 6.07) is 0.344. The second-order valence-electron chi connectivity index (χ2n) is 6.68. The van der Waals surface area contributed by atoms with E-state index >= 15 is 0 Å². The van der Waals surface area contributed by atoms with E-state index in [-0.39, 0.29) is 24.9 Å². The molecule has 118 valence electrons. The first-order chi connectivity index (χ1) is 9.57. The van der Waals surface area contributed by atoms with E-state index in [9.17, 15) is 5.11 Å². The van der Waals surface area contributed by atoms with Crippen molar-refractivity contribution in [1.29, 1.82) is 0 Å². The van der Waals surface area contributed by atoms with Crippen molar-refractivity contribution < 1.29 is 14.6 Å². The highest BCUT2D eigenvalue weighted by Crippen LogP contribution is 2.36. The summed E-state index contributed by atoms with van der Waals surface area (Å²) >= 11 is 0. The van der Waals surface area contributed by atoms with Crippen molar-refractivity contribution in [1.82, 2.24) is 5.32 Å². The van der Waals surface area contributed by atoms with Gasteiger partial charge >= 0.3 is 0 Å². The van der Waals surface area contributed by atoms with Crippen LogP contribution < -0.4 is 5.32 Å². The van der Waals surface area contributed by atoms with Crippen molar-refractivity contribution in [3.8, 4) is 0 Å². The fraction of sp³-hybridized carbons (Fsp3) is 1.00. The number of unbranched alkanes of at least 4 members (excludes halogenated alkanes) is 5. The van der Waals surface area contributed by atoms with Gasteiger partial charge in [0.25, 0.3) is 0 Å². The summed E-state index contributed by atoms with van der Waals surface area (Å²) in [5.74, 6) is -0.510. The van der Waals surface area contributed by atoms with Gasteiger partial charge in [-0.15, -0.1) is 0 Å². The molecule has 0 spiro atoms. The Morgan fingerprint density at radius 3 is 2.20 bits per heavy atom. The highest BCUT2D eigenvalue weighted by molar-refractivity contribution is 5.03. The minimum Gasteiger partial charge on any atom is -0.395 e. The quantitative estimate of drug-likeness (QED) is 0.673. The molecule has 0 aliphatic carbocycles. The average molecular weight is 285 g/mol. The van der Waals surface area contributed by atoms with Crippen LogP contribution in [-0.2, 0) is 9.47 Å². The maximum absolute atomic E-state index is 9.47. The van der Waals surface area contributed by atoms with E-state index in [2.05, 4.69) is 12.2 Å². The Labute approximate surface area is 123 Å². The van der Waals surface area contributed by atoms with E-state index in [0.717, 1.165) is 6.42 Å². The van der Waals surface area contributed by atoms with E-state index in [1.165, 1.54) is 38.5 Å². The Hall–Kier alpha value is -0.160. The van der Waals surface area contributed by atoms with Crippen LogP contribution in [0.3, 0.4) is 0 Å². The summed E-state index contributed by atoms with van der Waals surface area (Å²) in [6.45, 7) is 6.29. The maximum Gasteiger partial charge on any atom is 0.163 e. The van der Waals surface area contributed by atoms with Crippen molar-refractivity contribution in [3.63, 3.8) is 0 Å². The fourth-order valence-corrected chi connectivity index (χ4v) is 3.45. The standard InChI is InChI=1S/C16H31NO3/c1-4-5-6-7-8-9-10-12-14-15(13(11-18)17-12)20-16(2,3)19-14/h12-15,17-18H,4-11H2,1-3H3/t12-,13-,14+,15-/m1/s1. The minimum absolute atomic E-state index is 0.0000846.